The second kappa shape index (κ2) is 36.3. The Balaban J connectivity index is 1.70. The number of aliphatic hydroxyl groups excluding tert-OH is 2. The van der Waals surface area contributed by atoms with Crippen LogP contribution in [0.25, 0.3) is 0 Å². The number of carbonyl (C=O) groups excluding carboxylic acids is 2. The molecule has 0 radical (unpaired) electrons. The standard InChI is InChI=1S/C50H78O6S2/c1-3-5-7-27-37-45(51)39-29-17-13-9-11-15-19-31-41-47(53)55-49(43-33-23-21-24-34-43)57-58-50(44-35-25-22-26-36-44)56-48(54)42-32-20-16-12-10-14-18-30-40-46(52)38-28-8-6-4-2/h17-18,21-26,29-30,33-36,45-46,49-52H,3-16,19-20,27-28,31-32,37-42H2,1-2H3/b29-17-,30-18-. The molecule has 0 bridgehead atoms. The molecular formula is C50H78O6S2. The van der Waals surface area contributed by atoms with Gasteiger partial charge >= 0.3 is 11.9 Å². The summed E-state index contributed by atoms with van der Waals surface area (Å²) in [4.78, 5) is 26.1. The van der Waals surface area contributed by atoms with Crippen LogP contribution in [0.15, 0.2) is 85.0 Å². The first-order chi connectivity index (χ1) is 28.4. The van der Waals surface area contributed by atoms with Gasteiger partial charge in [-0.25, -0.2) is 0 Å². The summed E-state index contributed by atoms with van der Waals surface area (Å²) in [7, 11) is 2.83. The molecule has 0 aliphatic heterocycles. The monoisotopic (exact) mass is 839 g/mol. The molecular weight excluding hydrogens is 761 g/mol. The molecule has 4 unspecified atom stereocenters. The van der Waals surface area contributed by atoms with Crippen molar-refractivity contribution in [3.05, 3.63) is 96.1 Å². The number of esters is 2. The minimum absolute atomic E-state index is 0.214. The molecule has 0 saturated heterocycles. The van der Waals surface area contributed by atoms with Gasteiger partial charge in [0.25, 0.3) is 0 Å². The smallest absolute Gasteiger partial charge is 0.307 e. The second-order valence-electron chi connectivity index (χ2n) is 15.7. The SMILES string of the molecule is CCCCCCC(O)C/C=C\CCCCCCCC(=O)OC(SSC(OC(=O)CCCCCCC/C=C\CC(O)CCCCCC)c1ccccc1)c1ccccc1. The van der Waals surface area contributed by atoms with Crippen LogP contribution in [0.5, 0.6) is 0 Å². The number of hydrogen-bond acceptors (Lipinski definition) is 8. The van der Waals surface area contributed by atoms with Crippen molar-refractivity contribution in [1.29, 1.82) is 0 Å². The van der Waals surface area contributed by atoms with E-state index in [4.69, 9.17) is 9.47 Å². The Bertz CT molecular complexity index is 1220. The quantitative estimate of drug-likeness (QED) is 0.0228. The molecule has 58 heavy (non-hydrogen) atoms. The zero-order valence-electron chi connectivity index (χ0n) is 36.1. The van der Waals surface area contributed by atoms with Gasteiger partial charge in [0.2, 0.25) is 0 Å². The van der Waals surface area contributed by atoms with Crippen molar-refractivity contribution in [1.82, 2.24) is 0 Å². The van der Waals surface area contributed by atoms with Crippen LogP contribution in [0, 0.1) is 0 Å². The molecule has 0 fully saturated rings. The first-order valence-corrected chi connectivity index (χ1v) is 25.2. The van der Waals surface area contributed by atoms with Gasteiger partial charge < -0.3 is 19.7 Å². The fourth-order valence-electron chi connectivity index (χ4n) is 6.68. The Morgan fingerprint density at radius 2 is 0.862 bits per heavy atom. The normalized spacial score (nSPS) is 13.8. The van der Waals surface area contributed by atoms with E-state index in [1.807, 2.05) is 60.7 Å². The van der Waals surface area contributed by atoms with Crippen molar-refractivity contribution in [2.75, 3.05) is 0 Å². The zero-order chi connectivity index (χ0) is 41.7. The summed E-state index contributed by atoms with van der Waals surface area (Å²) in [5, 5.41) is 20.2. The third kappa shape index (κ3) is 28.0. The van der Waals surface area contributed by atoms with Crippen molar-refractivity contribution in [2.24, 2.45) is 0 Å². The fourth-order valence-corrected chi connectivity index (χ4v) is 9.22. The Labute approximate surface area is 361 Å². The molecule has 6 nitrogen and oxygen atoms in total. The average molecular weight is 839 g/mol. The fraction of sp³-hybridized carbons (Fsp3) is 0.640. The van der Waals surface area contributed by atoms with Crippen LogP contribution >= 0.6 is 21.6 Å². The first-order valence-electron chi connectivity index (χ1n) is 22.9. The van der Waals surface area contributed by atoms with Gasteiger partial charge in [0.15, 0.2) is 10.9 Å². The van der Waals surface area contributed by atoms with Gasteiger partial charge in [0.05, 0.1) is 12.2 Å². The summed E-state index contributed by atoms with van der Waals surface area (Å²) >= 11 is 0. The van der Waals surface area contributed by atoms with Crippen molar-refractivity contribution in [2.45, 2.75) is 204 Å². The minimum Gasteiger partial charge on any atom is -0.445 e. The van der Waals surface area contributed by atoms with Crippen molar-refractivity contribution >= 4 is 33.5 Å². The Kier molecular flexibility index (Phi) is 32.3. The number of allylic oxidation sites excluding steroid dienone is 2. The number of carbonyl (C=O) groups is 2. The summed E-state index contributed by atoms with van der Waals surface area (Å²) in [5.74, 6) is -0.427. The van der Waals surface area contributed by atoms with Crippen LogP contribution in [0.3, 0.4) is 0 Å². The van der Waals surface area contributed by atoms with Crippen molar-refractivity contribution in [3.8, 4) is 0 Å². The van der Waals surface area contributed by atoms with E-state index >= 15 is 0 Å². The highest BCUT2D eigenvalue weighted by Gasteiger charge is 2.24. The molecule has 8 heteroatoms. The molecule has 0 aliphatic carbocycles. The highest BCUT2D eigenvalue weighted by molar-refractivity contribution is 8.76. The molecule has 2 N–H and O–H groups in total. The predicted molar refractivity (Wildman–Crippen MR) is 247 cm³/mol. The van der Waals surface area contributed by atoms with E-state index in [1.165, 1.54) is 60.1 Å². The van der Waals surface area contributed by atoms with Crippen molar-refractivity contribution < 1.29 is 29.3 Å². The Morgan fingerprint density at radius 3 is 1.26 bits per heavy atom. The van der Waals surface area contributed by atoms with E-state index in [0.717, 1.165) is 127 Å². The number of unbranched alkanes of at least 4 members (excludes halogenated alkanes) is 16. The predicted octanol–water partition coefficient (Wildman–Crippen LogP) is 14.9. The molecule has 0 aromatic heterocycles. The largest absolute Gasteiger partial charge is 0.445 e. The highest BCUT2D eigenvalue weighted by atomic mass is 33.1. The molecule has 0 aliphatic rings. The summed E-state index contributed by atoms with van der Waals surface area (Å²) in [5.41, 5.74) is 0.741. The van der Waals surface area contributed by atoms with Crippen LogP contribution in [0.2, 0.25) is 0 Å². The molecule has 2 aromatic carbocycles. The zero-order valence-corrected chi connectivity index (χ0v) is 37.8. The minimum atomic E-state index is -0.527. The third-order valence-electron chi connectivity index (χ3n) is 10.3. The maximum Gasteiger partial charge on any atom is 0.307 e. The lowest BCUT2D eigenvalue weighted by Gasteiger charge is -2.22. The molecule has 2 aromatic rings. The van der Waals surface area contributed by atoms with Gasteiger partial charge in [0, 0.05) is 24.0 Å². The van der Waals surface area contributed by atoms with E-state index in [-0.39, 0.29) is 24.1 Å². The van der Waals surface area contributed by atoms with Crippen LogP contribution in [0.1, 0.15) is 203 Å². The van der Waals surface area contributed by atoms with E-state index in [1.54, 1.807) is 0 Å². The van der Waals surface area contributed by atoms with Gasteiger partial charge in [-0.2, -0.15) is 0 Å². The lowest BCUT2D eigenvalue weighted by molar-refractivity contribution is -0.146. The van der Waals surface area contributed by atoms with Gasteiger partial charge in [-0.3, -0.25) is 9.59 Å². The van der Waals surface area contributed by atoms with Crippen LogP contribution in [-0.2, 0) is 19.1 Å². The number of ether oxygens (including phenoxy) is 2. The summed E-state index contributed by atoms with van der Waals surface area (Å²) in [6, 6.07) is 19.5. The van der Waals surface area contributed by atoms with E-state index < -0.39 is 10.9 Å². The molecule has 0 saturated carbocycles. The van der Waals surface area contributed by atoms with Gasteiger partial charge in [-0.1, -0.05) is 189 Å². The second-order valence-corrected chi connectivity index (χ2v) is 18.1. The Morgan fingerprint density at radius 1 is 0.500 bits per heavy atom. The lowest BCUT2D eigenvalue weighted by atomic mass is 10.1. The maximum atomic E-state index is 13.0. The molecule has 4 atom stereocenters. The number of hydrogen-bond donors (Lipinski definition) is 2. The molecule has 2 rings (SSSR count). The molecule has 0 amide bonds. The molecule has 326 valence electrons. The average Bonchev–Trinajstić information content (AvgIpc) is 3.24. The lowest BCUT2D eigenvalue weighted by Crippen LogP contribution is -2.11. The van der Waals surface area contributed by atoms with E-state index in [2.05, 4.69) is 38.2 Å². The third-order valence-corrected chi connectivity index (χ3v) is 12.9. The summed E-state index contributed by atoms with van der Waals surface area (Å²) in [6.45, 7) is 4.41. The molecule has 0 spiro atoms. The van der Waals surface area contributed by atoms with Crippen LogP contribution < -0.4 is 0 Å². The number of aliphatic hydroxyl groups is 2. The summed E-state index contributed by atoms with van der Waals surface area (Å²) in [6.07, 6.45) is 34.2. The van der Waals surface area contributed by atoms with Gasteiger partial charge in [-0.05, 0) is 85.8 Å². The number of rotatable bonds is 37. The van der Waals surface area contributed by atoms with E-state index in [9.17, 15) is 19.8 Å². The van der Waals surface area contributed by atoms with Gasteiger partial charge in [-0.15, -0.1) is 0 Å². The molecule has 0 heterocycles. The van der Waals surface area contributed by atoms with E-state index in [0.29, 0.717) is 12.8 Å². The van der Waals surface area contributed by atoms with Crippen LogP contribution in [0.4, 0.5) is 0 Å². The first kappa shape index (κ1) is 51.6. The topological polar surface area (TPSA) is 93.1 Å². The van der Waals surface area contributed by atoms with Crippen LogP contribution in [-0.4, -0.2) is 34.4 Å². The number of benzene rings is 2. The van der Waals surface area contributed by atoms with Gasteiger partial charge in [0.1, 0.15) is 0 Å². The highest BCUT2D eigenvalue weighted by Crippen LogP contribution is 2.47. The summed E-state index contributed by atoms with van der Waals surface area (Å²) < 4.78 is 12.1. The maximum absolute atomic E-state index is 13.0. The Hall–Kier alpha value is -2.52. The van der Waals surface area contributed by atoms with Crippen molar-refractivity contribution in [3.63, 3.8) is 0 Å².